The fraction of sp³-hybridized carbons (Fsp3) is 0.647. The molecule has 6 nitrogen and oxygen atoms in total. The zero-order chi connectivity index (χ0) is 18.5. The van der Waals surface area contributed by atoms with Gasteiger partial charge in [0, 0.05) is 19.1 Å². The van der Waals surface area contributed by atoms with Crippen molar-refractivity contribution in [2.24, 2.45) is 5.73 Å². The molecular weight excluding hydrogens is 375 g/mol. The van der Waals surface area contributed by atoms with E-state index in [1.165, 1.54) is 4.31 Å². The molecule has 2 N–H and O–H groups in total. The summed E-state index contributed by atoms with van der Waals surface area (Å²) in [5.41, 5.74) is 5.88. The molecule has 0 aromatic heterocycles. The molecule has 1 aromatic rings. The maximum absolute atomic E-state index is 12.8. The molecule has 1 aromatic carbocycles. The molecule has 0 aliphatic carbocycles. The van der Waals surface area contributed by atoms with E-state index in [0.717, 1.165) is 18.3 Å². The van der Waals surface area contributed by atoms with Crippen molar-refractivity contribution in [1.29, 1.82) is 0 Å². The smallest absolute Gasteiger partial charge is 0.399 e. The predicted octanol–water partition coefficient (Wildman–Crippen LogP) is 1.52. The Labute approximate surface area is 163 Å². The highest BCUT2D eigenvalue weighted by Crippen LogP contribution is 2.36. The Kier molecular flexibility index (Phi) is 6.17. The van der Waals surface area contributed by atoms with Crippen LogP contribution in [0.4, 0.5) is 0 Å². The summed E-state index contributed by atoms with van der Waals surface area (Å²) in [6.07, 6.45) is 1.67. The Bertz CT molecular complexity index is 724. The van der Waals surface area contributed by atoms with E-state index in [9.17, 15) is 8.42 Å². The first-order valence-corrected chi connectivity index (χ1v) is 10.2. The third kappa shape index (κ3) is 3.95. The minimum absolute atomic E-state index is 0. The standard InChI is InChI=1S/C17H27BN2O4S.ClH/c1-16(2)17(3,4)24-18(23-16)13-7-9-15(10-8-13)25(21,22)20-11-5-6-14(19)12-20;/h7-10,14H,5-6,11-12,19H2,1-4H3;1H. The van der Waals surface area contributed by atoms with Gasteiger partial charge in [0.1, 0.15) is 0 Å². The molecular formula is C17H28BClN2O4S. The zero-order valence-corrected chi connectivity index (χ0v) is 17.4. The van der Waals surface area contributed by atoms with Crippen LogP contribution >= 0.6 is 12.4 Å². The SMILES string of the molecule is CC1(C)OB(c2ccc(S(=O)(=O)N3CCCC(N)C3)cc2)OC1(C)C.Cl. The van der Waals surface area contributed by atoms with Gasteiger partial charge in [-0.1, -0.05) is 12.1 Å². The lowest BCUT2D eigenvalue weighted by Crippen LogP contribution is -2.45. The van der Waals surface area contributed by atoms with E-state index in [1.807, 2.05) is 27.7 Å². The molecule has 2 heterocycles. The molecule has 1 unspecified atom stereocenters. The van der Waals surface area contributed by atoms with Gasteiger partial charge >= 0.3 is 7.12 Å². The summed E-state index contributed by atoms with van der Waals surface area (Å²) in [6, 6.07) is 6.68. The van der Waals surface area contributed by atoms with Crippen LogP contribution in [0.3, 0.4) is 0 Å². The van der Waals surface area contributed by atoms with Crippen LogP contribution in [0.15, 0.2) is 29.2 Å². The van der Waals surface area contributed by atoms with E-state index in [2.05, 4.69) is 0 Å². The number of nitrogens with two attached hydrogens (primary N) is 1. The van der Waals surface area contributed by atoms with Gasteiger partial charge in [0.25, 0.3) is 0 Å². The predicted molar refractivity (Wildman–Crippen MR) is 105 cm³/mol. The second kappa shape index (κ2) is 7.41. The first-order chi connectivity index (χ1) is 11.5. The fourth-order valence-electron chi connectivity index (χ4n) is 3.12. The maximum Gasteiger partial charge on any atom is 0.494 e. The van der Waals surface area contributed by atoms with Crippen molar-refractivity contribution in [3.8, 4) is 0 Å². The highest BCUT2D eigenvalue weighted by molar-refractivity contribution is 7.89. The second-order valence-corrected chi connectivity index (χ2v) is 9.86. The summed E-state index contributed by atoms with van der Waals surface area (Å²) >= 11 is 0. The van der Waals surface area contributed by atoms with Gasteiger partial charge in [-0.05, 0) is 58.1 Å². The molecule has 0 bridgehead atoms. The third-order valence-corrected chi connectivity index (χ3v) is 7.34. The average Bonchev–Trinajstić information content (AvgIpc) is 2.75. The summed E-state index contributed by atoms with van der Waals surface area (Å²) in [5.74, 6) is 0. The molecule has 2 aliphatic heterocycles. The Balaban J connectivity index is 0.00000243. The van der Waals surface area contributed by atoms with Crippen LogP contribution in [0, 0.1) is 0 Å². The fourth-order valence-corrected chi connectivity index (χ4v) is 4.65. The topological polar surface area (TPSA) is 81.9 Å². The molecule has 0 radical (unpaired) electrons. The Morgan fingerprint density at radius 2 is 1.65 bits per heavy atom. The van der Waals surface area contributed by atoms with E-state index >= 15 is 0 Å². The molecule has 2 saturated heterocycles. The quantitative estimate of drug-likeness (QED) is 0.775. The first-order valence-electron chi connectivity index (χ1n) is 8.74. The lowest BCUT2D eigenvalue weighted by atomic mass is 9.79. The van der Waals surface area contributed by atoms with Crippen LogP contribution in [0.2, 0.25) is 0 Å². The van der Waals surface area contributed by atoms with Gasteiger partial charge < -0.3 is 15.0 Å². The second-order valence-electron chi connectivity index (χ2n) is 7.92. The average molecular weight is 403 g/mol. The molecule has 0 saturated carbocycles. The zero-order valence-electron chi connectivity index (χ0n) is 15.8. The highest BCUT2D eigenvalue weighted by atomic mass is 35.5. The van der Waals surface area contributed by atoms with Crippen molar-refractivity contribution in [1.82, 2.24) is 4.31 Å². The van der Waals surface area contributed by atoms with Crippen molar-refractivity contribution in [3.05, 3.63) is 24.3 Å². The molecule has 1 atom stereocenters. The molecule has 26 heavy (non-hydrogen) atoms. The van der Waals surface area contributed by atoms with Crippen LogP contribution in [0.1, 0.15) is 40.5 Å². The molecule has 2 fully saturated rings. The number of sulfonamides is 1. The van der Waals surface area contributed by atoms with Crippen molar-refractivity contribution < 1.29 is 17.7 Å². The van der Waals surface area contributed by atoms with E-state index in [-0.39, 0.29) is 23.3 Å². The van der Waals surface area contributed by atoms with E-state index in [0.29, 0.717) is 13.1 Å². The number of benzene rings is 1. The van der Waals surface area contributed by atoms with Gasteiger partial charge in [-0.25, -0.2) is 8.42 Å². The number of rotatable bonds is 3. The van der Waals surface area contributed by atoms with Crippen molar-refractivity contribution in [2.45, 2.75) is 62.7 Å². The van der Waals surface area contributed by atoms with Gasteiger partial charge in [-0.3, -0.25) is 0 Å². The number of piperidine rings is 1. The Morgan fingerprint density at radius 3 is 2.15 bits per heavy atom. The Hall–Kier alpha value is -0.635. The third-order valence-electron chi connectivity index (χ3n) is 5.46. The number of halogens is 1. The van der Waals surface area contributed by atoms with Gasteiger partial charge in [-0.15, -0.1) is 12.4 Å². The normalized spacial score (nSPS) is 25.7. The molecule has 0 spiro atoms. The van der Waals surface area contributed by atoms with E-state index in [1.54, 1.807) is 24.3 Å². The first kappa shape index (κ1) is 21.7. The maximum atomic E-state index is 12.8. The summed E-state index contributed by atoms with van der Waals surface area (Å²) in [6.45, 7) is 8.87. The molecule has 2 aliphatic rings. The van der Waals surface area contributed by atoms with Gasteiger partial charge in [-0.2, -0.15) is 4.31 Å². The number of hydrogen-bond donors (Lipinski definition) is 1. The number of nitrogens with zero attached hydrogens (tertiary/aromatic N) is 1. The largest absolute Gasteiger partial charge is 0.494 e. The van der Waals surface area contributed by atoms with Crippen LogP contribution in [0.5, 0.6) is 0 Å². The molecule has 9 heteroatoms. The lowest BCUT2D eigenvalue weighted by Gasteiger charge is -2.32. The van der Waals surface area contributed by atoms with Crippen molar-refractivity contribution in [2.75, 3.05) is 13.1 Å². The van der Waals surface area contributed by atoms with Gasteiger partial charge in [0.15, 0.2) is 0 Å². The van der Waals surface area contributed by atoms with Gasteiger partial charge in [0.2, 0.25) is 10.0 Å². The Morgan fingerprint density at radius 1 is 1.12 bits per heavy atom. The van der Waals surface area contributed by atoms with Crippen LogP contribution in [-0.4, -0.2) is 50.2 Å². The summed E-state index contributed by atoms with van der Waals surface area (Å²) in [5, 5.41) is 0. The summed E-state index contributed by atoms with van der Waals surface area (Å²) < 4.78 is 39.1. The van der Waals surface area contributed by atoms with E-state index < -0.39 is 28.3 Å². The molecule has 3 rings (SSSR count). The minimum atomic E-state index is -3.51. The summed E-state index contributed by atoms with van der Waals surface area (Å²) in [4.78, 5) is 0.280. The summed E-state index contributed by atoms with van der Waals surface area (Å²) in [7, 11) is -4.00. The van der Waals surface area contributed by atoms with Gasteiger partial charge in [0.05, 0.1) is 16.1 Å². The van der Waals surface area contributed by atoms with E-state index in [4.69, 9.17) is 15.0 Å². The highest BCUT2D eigenvalue weighted by Gasteiger charge is 2.51. The monoisotopic (exact) mass is 402 g/mol. The van der Waals surface area contributed by atoms with Crippen LogP contribution < -0.4 is 11.2 Å². The van der Waals surface area contributed by atoms with Crippen LogP contribution in [-0.2, 0) is 19.3 Å². The van der Waals surface area contributed by atoms with Crippen molar-refractivity contribution >= 4 is 35.0 Å². The lowest BCUT2D eigenvalue weighted by molar-refractivity contribution is 0.00578. The number of hydrogen-bond acceptors (Lipinski definition) is 5. The molecule has 146 valence electrons. The minimum Gasteiger partial charge on any atom is -0.399 e. The van der Waals surface area contributed by atoms with Crippen LogP contribution in [0.25, 0.3) is 0 Å². The van der Waals surface area contributed by atoms with Crippen molar-refractivity contribution in [3.63, 3.8) is 0 Å². The molecule has 0 amide bonds.